The Bertz CT molecular complexity index is 579. The Morgan fingerprint density at radius 3 is 2.86 bits per heavy atom. The molecule has 4 heteroatoms. The minimum absolute atomic E-state index is 0.201. The first-order valence-corrected chi connectivity index (χ1v) is 8.40. The second-order valence-electron chi connectivity index (χ2n) is 5.59. The molecule has 3 rings (SSSR count). The molecule has 0 bridgehead atoms. The zero-order valence-corrected chi connectivity index (χ0v) is 13.7. The van der Waals surface area contributed by atoms with E-state index < -0.39 is 0 Å². The number of nitrogens with zero attached hydrogens (tertiary/aromatic N) is 1. The summed E-state index contributed by atoms with van der Waals surface area (Å²) in [5.74, 6) is 1.04. The Labute approximate surface area is 130 Å². The summed E-state index contributed by atoms with van der Waals surface area (Å²) in [5.41, 5.74) is 2.47. The molecule has 0 radical (unpaired) electrons. The molecule has 1 aromatic carbocycles. The quantitative estimate of drug-likeness (QED) is 0.920. The van der Waals surface area contributed by atoms with E-state index >= 15 is 0 Å². The van der Waals surface area contributed by atoms with E-state index in [0.717, 1.165) is 30.8 Å². The van der Waals surface area contributed by atoms with Crippen LogP contribution in [-0.4, -0.2) is 23.7 Å². The first-order valence-electron chi connectivity index (χ1n) is 7.58. The predicted molar refractivity (Wildman–Crippen MR) is 87.3 cm³/mol. The highest BCUT2D eigenvalue weighted by atomic mass is 32.1. The summed E-state index contributed by atoms with van der Waals surface area (Å²) < 4.78 is 6.15. The fraction of sp³-hybridized carbons (Fsp3) is 0.471. The largest absolute Gasteiger partial charge is 0.488 e. The summed E-state index contributed by atoms with van der Waals surface area (Å²) >= 11 is 1.80. The fourth-order valence-electron chi connectivity index (χ4n) is 2.85. The lowest BCUT2D eigenvalue weighted by molar-refractivity contribution is 0.178. The van der Waals surface area contributed by atoms with E-state index in [1.54, 1.807) is 11.3 Å². The van der Waals surface area contributed by atoms with Gasteiger partial charge in [0.05, 0.1) is 16.7 Å². The lowest BCUT2D eigenvalue weighted by Crippen LogP contribution is -2.44. The van der Waals surface area contributed by atoms with Crippen molar-refractivity contribution in [2.45, 2.75) is 45.8 Å². The van der Waals surface area contributed by atoms with Crippen molar-refractivity contribution < 1.29 is 4.74 Å². The van der Waals surface area contributed by atoms with Gasteiger partial charge in [-0.3, -0.25) is 0 Å². The van der Waals surface area contributed by atoms with Crippen molar-refractivity contribution >= 4 is 11.3 Å². The molecule has 1 N–H and O–H groups in total. The topological polar surface area (TPSA) is 34.2 Å². The van der Waals surface area contributed by atoms with Crippen molar-refractivity contribution in [3.63, 3.8) is 0 Å². The number of hydrogen-bond acceptors (Lipinski definition) is 4. The third-order valence-electron chi connectivity index (χ3n) is 4.05. The molecule has 0 fully saturated rings. The number of aromatic nitrogens is 1. The predicted octanol–water partition coefficient (Wildman–Crippen LogP) is 3.28. The third-order valence-corrected chi connectivity index (χ3v) is 5.15. The van der Waals surface area contributed by atoms with Crippen LogP contribution in [0.5, 0.6) is 5.75 Å². The SMILES string of the molecule is CCNC(Cc1nc(C)c(C)s1)C1Cc2ccccc2O1. The molecule has 0 saturated heterocycles. The number of fused-ring (bicyclic) bond motifs is 1. The van der Waals surface area contributed by atoms with Crippen molar-refractivity contribution in [1.82, 2.24) is 10.3 Å². The van der Waals surface area contributed by atoms with Gasteiger partial charge in [0.15, 0.2) is 0 Å². The van der Waals surface area contributed by atoms with Crippen LogP contribution in [0, 0.1) is 13.8 Å². The van der Waals surface area contributed by atoms with Gasteiger partial charge in [-0.2, -0.15) is 0 Å². The van der Waals surface area contributed by atoms with Crippen LogP contribution in [0.1, 0.15) is 28.1 Å². The molecule has 1 aromatic heterocycles. The molecule has 1 aliphatic heterocycles. The molecule has 0 spiro atoms. The van der Waals surface area contributed by atoms with Crippen LogP contribution in [0.2, 0.25) is 0 Å². The normalized spacial score (nSPS) is 18.3. The van der Waals surface area contributed by atoms with Gasteiger partial charge in [0.25, 0.3) is 0 Å². The second kappa shape index (κ2) is 6.16. The monoisotopic (exact) mass is 302 g/mol. The van der Waals surface area contributed by atoms with Crippen LogP contribution in [0.15, 0.2) is 24.3 Å². The van der Waals surface area contributed by atoms with Gasteiger partial charge in [0, 0.05) is 17.7 Å². The molecule has 112 valence electrons. The molecule has 21 heavy (non-hydrogen) atoms. The van der Waals surface area contributed by atoms with Gasteiger partial charge in [0.1, 0.15) is 11.9 Å². The highest BCUT2D eigenvalue weighted by molar-refractivity contribution is 7.11. The average Bonchev–Trinajstić information content (AvgIpc) is 3.02. The number of rotatable bonds is 5. The number of aryl methyl sites for hydroxylation is 2. The van der Waals surface area contributed by atoms with Gasteiger partial charge >= 0.3 is 0 Å². The fourth-order valence-corrected chi connectivity index (χ4v) is 3.84. The molecule has 1 aliphatic rings. The molecule has 0 amide bonds. The van der Waals surface area contributed by atoms with Gasteiger partial charge in [-0.25, -0.2) is 4.98 Å². The van der Waals surface area contributed by atoms with Crippen molar-refractivity contribution in [1.29, 1.82) is 0 Å². The Morgan fingerprint density at radius 2 is 2.19 bits per heavy atom. The van der Waals surface area contributed by atoms with E-state index in [2.05, 4.69) is 49.3 Å². The molecule has 0 aliphatic carbocycles. The van der Waals surface area contributed by atoms with Crippen LogP contribution in [0.25, 0.3) is 0 Å². The van der Waals surface area contributed by atoms with E-state index in [-0.39, 0.29) is 6.10 Å². The lowest BCUT2D eigenvalue weighted by Gasteiger charge is -2.23. The number of ether oxygens (including phenoxy) is 1. The van der Waals surface area contributed by atoms with E-state index in [0.29, 0.717) is 6.04 Å². The number of hydrogen-bond donors (Lipinski definition) is 1. The van der Waals surface area contributed by atoms with E-state index in [1.807, 2.05) is 6.07 Å². The Hall–Kier alpha value is -1.39. The highest BCUT2D eigenvalue weighted by Crippen LogP contribution is 2.30. The minimum atomic E-state index is 0.201. The summed E-state index contributed by atoms with van der Waals surface area (Å²) in [6.07, 6.45) is 2.12. The van der Waals surface area contributed by atoms with Crippen LogP contribution in [0.4, 0.5) is 0 Å². The average molecular weight is 302 g/mol. The Balaban J connectivity index is 1.74. The van der Waals surface area contributed by atoms with Crippen molar-refractivity contribution in [3.05, 3.63) is 45.4 Å². The van der Waals surface area contributed by atoms with Crippen molar-refractivity contribution in [2.75, 3.05) is 6.54 Å². The van der Waals surface area contributed by atoms with Gasteiger partial charge in [0.2, 0.25) is 0 Å². The number of nitrogens with one attached hydrogen (secondary N) is 1. The van der Waals surface area contributed by atoms with Crippen molar-refractivity contribution in [2.24, 2.45) is 0 Å². The van der Waals surface area contributed by atoms with Crippen LogP contribution in [-0.2, 0) is 12.8 Å². The Morgan fingerprint density at radius 1 is 1.38 bits per heavy atom. The summed E-state index contributed by atoms with van der Waals surface area (Å²) in [4.78, 5) is 5.99. The summed E-state index contributed by atoms with van der Waals surface area (Å²) in [6.45, 7) is 7.32. The van der Waals surface area contributed by atoms with Crippen molar-refractivity contribution in [3.8, 4) is 5.75 Å². The number of benzene rings is 1. The minimum Gasteiger partial charge on any atom is -0.488 e. The van der Waals surface area contributed by atoms with E-state index in [9.17, 15) is 0 Å². The molecule has 3 nitrogen and oxygen atoms in total. The van der Waals surface area contributed by atoms with E-state index in [1.165, 1.54) is 15.4 Å². The molecule has 0 saturated carbocycles. The molecular weight excluding hydrogens is 280 g/mol. The van der Waals surface area contributed by atoms with Crippen LogP contribution >= 0.6 is 11.3 Å². The summed E-state index contributed by atoms with van der Waals surface area (Å²) in [5, 5.41) is 4.78. The Kier molecular flexibility index (Phi) is 4.27. The van der Waals surface area contributed by atoms with Crippen LogP contribution in [0.3, 0.4) is 0 Å². The number of likely N-dealkylation sites (N-methyl/N-ethyl adjacent to an activating group) is 1. The highest BCUT2D eigenvalue weighted by Gasteiger charge is 2.30. The zero-order chi connectivity index (χ0) is 14.8. The molecule has 2 atom stereocenters. The maximum absolute atomic E-state index is 6.15. The standard InChI is InChI=1S/C17H22N2OS/c1-4-18-14(10-17-19-11(2)12(3)21-17)16-9-13-7-5-6-8-15(13)20-16/h5-8,14,16,18H,4,9-10H2,1-3H3. The number of para-hydroxylation sites is 1. The number of thiazole rings is 1. The molecule has 2 heterocycles. The van der Waals surface area contributed by atoms with Gasteiger partial charge in [-0.15, -0.1) is 11.3 Å². The second-order valence-corrected chi connectivity index (χ2v) is 6.87. The van der Waals surface area contributed by atoms with Gasteiger partial charge in [-0.05, 0) is 32.0 Å². The summed E-state index contributed by atoms with van der Waals surface area (Å²) in [7, 11) is 0. The van der Waals surface area contributed by atoms with Gasteiger partial charge < -0.3 is 10.1 Å². The first-order chi connectivity index (χ1) is 10.2. The third kappa shape index (κ3) is 3.11. The summed E-state index contributed by atoms with van der Waals surface area (Å²) in [6, 6.07) is 8.66. The lowest BCUT2D eigenvalue weighted by atomic mass is 10.0. The molecule has 2 aromatic rings. The molecular formula is C17H22N2OS. The van der Waals surface area contributed by atoms with E-state index in [4.69, 9.17) is 4.74 Å². The van der Waals surface area contributed by atoms with Crippen LogP contribution < -0.4 is 10.1 Å². The van der Waals surface area contributed by atoms with Gasteiger partial charge in [-0.1, -0.05) is 25.1 Å². The maximum Gasteiger partial charge on any atom is 0.123 e. The maximum atomic E-state index is 6.15. The zero-order valence-electron chi connectivity index (χ0n) is 12.8. The molecule has 2 unspecified atom stereocenters. The smallest absolute Gasteiger partial charge is 0.123 e. The first kappa shape index (κ1) is 14.5.